The van der Waals surface area contributed by atoms with E-state index in [1.807, 2.05) is 41.3 Å². The molecule has 0 aliphatic carbocycles. The quantitative estimate of drug-likeness (QED) is 0.403. The van der Waals surface area contributed by atoms with Crippen LogP contribution in [0.4, 0.5) is 0 Å². The van der Waals surface area contributed by atoms with Crippen LogP contribution in [0.15, 0.2) is 65.7 Å². The highest BCUT2D eigenvalue weighted by atomic mass is 32.2. The Morgan fingerprint density at radius 1 is 1.19 bits per heavy atom. The molecule has 1 unspecified atom stereocenters. The number of imidazole rings is 1. The maximum atomic E-state index is 12.6. The first-order chi connectivity index (χ1) is 15.0. The Kier molecular flexibility index (Phi) is 6.48. The molecule has 0 spiro atoms. The summed E-state index contributed by atoms with van der Waals surface area (Å²) >= 11 is 2.97. The molecule has 1 atom stereocenters. The van der Waals surface area contributed by atoms with Gasteiger partial charge >= 0.3 is 0 Å². The second-order valence-electron chi connectivity index (χ2n) is 7.18. The van der Waals surface area contributed by atoms with Crippen molar-refractivity contribution in [2.45, 2.75) is 32.0 Å². The van der Waals surface area contributed by atoms with Gasteiger partial charge in [0, 0.05) is 35.7 Å². The van der Waals surface area contributed by atoms with E-state index >= 15 is 0 Å². The molecular formula is C23H23N5OS2. The molecule has 1 N–H and O–H groups in total. The summed E-state index contributed by atoms with van der Waals surface area (Å²) in [5, 5.41) is 6.72. The standard InChI is InChI=1S/C23H23N5OS2/c1-15-5-4-6-20(16(15)2)28-12-11-25-23(28)31-14-21(29)26-17(3)22-27-19(13-30-22)18-7-9-24-10-8-18/h4-13,17H,14H2,1-3H3,(H,26,29). The molecule has 0 aliphatic rings. The van der Waals surface area contributed by atoms with E-state index in [0.29, 0.717) is 0 Å². The Labute approximate surface area is 189 Å². The normalized spacial score (nSPS) is 12.0. The Bertz CT molecular complexity index is 1190. The fourth-order valence-corrected chi connectivity index (χ4v) is 4.81. The predicted octanol–water partition coefficient (Wildman–Crippen LogP) is 4.98. The highest BCUT2D eigenvalue weighted by molar-refractivity contribution is 7.99. The van der Waals surface area contributed by atoms with Crippen molar-refractivity contribution >= 4 is 29.0 Å². The van der Waals surface area contributed by atoms with Crippen LogP contribution in [0, 0.1) is 13.8 Å². The average Bonchev–Trinajstić information content (AvgIpc) is 3.45. The van der Waals surface area contributed by atoms with E-state index in [1.165, 1.54) is 22.9 Å². The third kappa shape index (κ3) is 4.86. The lowest BCUT2D eigenvalue weighted by Gasteiger charge is -2.13. The van der Waals surface area contributed by atoms with Crippen LogP contribution in [-0.4, -0.2) is 31.2 Å². The van der Waals surface area contributed by atoms with E-state index in [-0.39, 0.29) is 17.7 Å². The number of hydrogen-bond donors (Lipinski definition) is 1. The Morgan fingerprint density at radius 2 is 2.00 bits per heavy atom. The maximum absolute atomic E-state index is 12.6. The molecule has 0 saturated heterocycles. The van der Waals surface area contributed by atoms with E-state index in [1.54, 1.807) is 29.9 Å². The van der Waals surface area contributed by atoms with Crippen LogP contribution in [0.1, 0.15) is 29.1 Å². The molecule has 0 fully saturated rings. The summed E-state index contributed by atoms with van der Waals surface area (Å²) in [4.78, 5) is 25.7. The minimum absolute atomic E-state index is 0.0475. The third-order valence-electron chi connectivity index (χ3n) is 5.02. The van der Waals surface area contributed by atoms with Gasteiger partial charge in [-0.1, -0.05) is 23.9 Å². The van der Waals surface area contributed by atoms with Crippen LogP contribution in [0.25, 0.3) is 16.9 Å². The van der Waals surface area contributed by atoms with Crippen molar-refractivity contribution in [3.63, 3.8) is 0 Å². The minimum atomic E-state index is -0.160. The lowest BCUT2D eigenvalue weighted by molar-refractivity contribution is -0.119. The van der Waals surface area contributed by atoms with Gasteiger partial charge in [0.1, 0.15) is 5.01 Å². The lowest BCUT2D eigenvalue weighted by Crippen LogP contribution is -2.28. The molecule has 3 aromatic heterocycles. The predicted molar refractivity (Wildman–Crippen MR) is 126 cm³/mol. The molecule has 6 nitrogen and oxygen atoms in total. The Hall–Kier alpha value is -2.97. The van der Waals surface area contributed by atoms with Gasteiger partial charge in [0.25, 0.3) is 0 Å². The minimum Gasteiger partial charge on any atom is -0.346 e. The van der Waals surface area contributed by atoms with Crippen molar-refractivity contribution in [1.29, 1.82) is 0 Å². The molecule has 31 heavy (non-hydrogen) atoms. The van der Waals surface area contributed by atoms with Crippen LogP contribution in [0.5, 0.6) is 0 Å². The van der Waals surface area contributed by atoms with Gasteiger partial charge in [0.05, 0.1) is 23.2 Å². The summed E-state index contributed by atoms with van der Waals surface area (Å²) in [5.41, 5.74) is 5.43. The van der Waals surface area contributed by atoms with E-state index in [4.69, 9.17) is 0 Å². The number of nitrogens with one attached hydrogen (secondary N) is 1. The molecule has 3 heterocycles. The number of rotatable bonds is 7. The fraction of sp³-hybridized carbons (Fsp3) is 0.217. The second kappa shape index (κ2) is 9.45. The molecule has 1 aromatic carbocycles. The molecule has 0 saturated carbocycles. The molecule has 0 bridgehead atoms. The smallest absolute Gasteiger partial charge is 0.231 e. The number of nitrogens with zero attached hydrogens (tertiary/aromatic N) is 4. The molecule has 0 radical (unpaired) electrons. The third-order valence-corrected chi connectivity index (χ3v) is 7.01. The number of benzene rings is 1. The van der Waals surface area contributed by atoms with Crippen molar-refractivity contribution in [2.24, 2.45) is 0 Å². The molecular weight excluding hydrogens is 426 g/mol. The van der Waals surface area contributed by atoms with Crippen LogP contribution in [0.2, 0.25) is 0 Å². The average molecular weight is 450 g/mol. The molecule has 158 valence electrons. The first kappa shape index (κ1) is 21.3. The number of carbonyl (C=O) groups is 1. The van der Waals surface area contributed by atoms with Gasteiger partial charge < -0.3 is 5.32 Å². The van der Waals surface area contributed by atoms with E-state index in [0.717, 1.165) is 27.1 Å². The summed E-state index contributed by atoms with van der Waals surface area (Å²) in [7, 11) is 0. The van der Waals surface area contributed by atoms with Gasteiger partial charge in [-0.25, -0.2) is 9.97 Å². The summed E-state index contributed by atoms with van der Waals surface area (Å²) in [5.74, 6) is 0.239. The number of hydrogen-bond acceptors (Lipinski definition) is 6. The molecule has 1 amide bonds. The second-order valence-corrected chi connectivity index (χ2v) is 9.02. The van der Waals surface area contributed by atoms with E-state index in [2.05, 4.69) is 46.2 Å². The first-order valence-electron chi connectivity index (χ1n) is 9.91. The van der Waals surface area contributed by atoms with Gasteiger partial charge in [-0.05, 0) is 50.1 Å². The van der Waals surface area contributed by atoms with Gasteiger partial charge in [-0.2, -0.15) is 0 Å². The SMILES string of the molecule is Cc1cccc(-n2ccnc2SCC(=O)NC(C)c2nc(-c3ccncc3)cs2)c1C. The molecule has 4 aromatic rings. The summed E-state index contributed by atoms with van der Waals surface area (Å²) in [6, 6.07) is 9.89. The fourth-order valence-electron chi connectivity index (χ4n) is 3.19. The van der Waals surface area contributed by atoms with Crippen molar-refractivity contribution < 1.29 is 4.79 Å². The number of aromatic nitrogens is 4. The Morgan fingerprint density at radius 3 is 2.81 bits per heavy atom. The maximum Gasteiger partial charge on any atom is 0.231 e. The van der Waals surface area contributed by atoms with Crippen LogP contribution >= 0.6 is 23.1 Å². The largest absolute Gasteiger partial charge is 0.346 e. The number of carbonyl (C=O) groups excluding carboxylic acids is 1. The summed E-state index contributed by atoms with van der Waals surface area (Å²) < 4.78 is 2.03. The van der Waals surface area contributed by atoms with Gasteiger partial charge in [-0.15, -0.1) is 11.3 Å². The lowest BCUT2D eigenvalue weighted by atomic mass is 10.1. The van der Waals surface area contributed by atoms with Crippen molar-refractivity contribution in [2.75, 3.05) is 5.75 Å². The number of aryl methyl sites for hydroxylation is 1. The molecule has 4 rings (SSSR count). The Balaban J connectivity index is 1.38. The van der Waals surface area contributed by atoms with Crippen LogP contribution in [-0.2, 0) is 4.79 Å². The molecule has 8 heteroatoms. The zero-order valence-electron chi connectivity index (χ0n) is 17.6. The van der Waals surface area contributed by atoms with Crippen molar-refractivity contribution in [1.82, 2.24) is 24.8 Å². The monoisotopic (exact) mass is 449 g/mol. The number of amides is 1. The molecule has 0 aliphatic heterocycles. The highest BCUT2D eigenvalue weighted by Crippen LogP contribution is 2.26. The van der Waals surface area contributed by atoms with E-state index in [9.17, 15) is 4.79 Å². The van der Waals surface area contributed by atoms with E-state index < -0.39 is 0 Å². The number of thiazole rings is 1. The zero-order valence-corrected chi connectivity index (χ0v) is 19.2. The summed E-state index contributed by atoms with van der Waals surface area (Å²) in [6.07, 6.45) is 7.19. The van der Waals surface area contributed by atoms with Crippen LogP contribution in [0.3, 0.4) is 0 Å². The van der Waals surface area contributed by atoms with Crippen LogP contribution < -0.4 is 5.32 Å². The van der Waals surface area contributed by atoms with Crippen molar-refractivity contribution in [3.05, 3.63) is 76.6 Å². The van der Waals surface area contributed by atoms with Gasteiger partial charge in [-0.3, -0.25) is 14.3 Å². The van der Waals surface area contributed by atoms with Gasteiger partial charge in [0.2, 0.25) is 5.91 Å². The number of thioether (sulfide) groups is 1. The highest BCUT2D eigenvalue weighted by Gasteiger charge is 2.16. The van der Waals surface area contributed by atoms with Crippen molar-refractivity contribution in [3.8, 4) is 16.9 Å². The number of pyridine rings is 1. The van der Waals surface area contributed by atoms with Gasteiger partial charge in [0.15, 0.2) is 5.16 Å². The topological polar surface area (TPSA) is 72.7 Å². The zero-order chi connectivity index (χ0) is 21.8. The summed E-state index contributed by atoms with van der Waals surface area (Å²) in [6.45, 7) is 6.15. The first-order valence-corrected chi connectivity index (χ1v) is 11.8.